The maximum atomic E-state index is 9.54. The van der Waals surface area contributed by atoms with Gasteiger partial charge in [0.15, 0.2) is 11.5 Å². The number of ether oxygens (including phenoxy) is 3. The first-order chi connectivity index (χ1) is 6.83. The molecule has 14 heavy (non-hydrogen) atoms. The molecule has 2 rings (SSSR count). The van der Waals surface area contributed by atoms with Crippen LogP contribution in [0.5, 0.6) is 23.0 Å². The quantitative estimate of drug-likeness (QED) is 0.740. The Kier molecular flexibility index (Phi) is 2.35. The predicted octanol–water partition coefficient (Wildman–Crippen LogP) is 1.56. The average Bonchev–Trinajstić information content (AvgIpc) is 2.44. The maximum Gasteiger partial charge on any atom is 0.207 e. The summed E-state index contributed by atoms with van der Waals surface area (Å²) in [7, 11) is 1.56. The molecule has 0 unspecified atom stereocenters. The fourth-order valence-electron chi connectivity index (χ4n) is 1.38. The van der Waals surface area contributed by atoms with Crippen molar-refractivity contribution >= 4 is 0 Å². The summed E-state index contributed by atoms with van der Waals surface area (Å²) >= 11 is 0. The van der Waals surface area contributed by atoms with E-state index < -0.39 is 0 Å². The normalized spacial score (nSPS) is 14.6. The lowest BCUT2D eigenvalue weighted by Crippen LogP contribution is -1.98. The highest BCUT2D eigenvalue weighted by Crippen LogP contribution is 2.44. The predicted molar refractivity (Wildman–Crippen MR) is 50.3 cm³/mol. The molecule has 0 saturated heterocycles. The van der Waals surface area contributed by atoms with E-state index in [1.165, 1.54) is 6.07 Å². The van der Waals surface area contributed by atoms with Crippen molar-refractivity contribution in [3.63, 3.8) is 0 Å². The largest absolute Gasteiger partial charge is 0.504 e. The second-order valence-corrected chi connectivity index (χ2v) is 3.00. The van der Waals surface area contributed by atoms with Gasteiger partial charge >= 0.3 is 0 Å². The number of aromatic hydroxyl groups is 1. The summed E-state index contributed by atoms with van der Waals surface area (Å²) in [4.78, 5) is 0. The zero-order valence-corrected chi connectivity index (χ0v) is 7.95. The van der Waals surface area contributed by atoms with Gasteiger partial charge in [-0.3, -0.25) is 0 Å². The summed E-state index contributed by atoms with van der Waals surface area (Å²) in [5.41, 5.74) is 0. The van der Waals surface area contributed by atoms with Crippen molar-refractivity contribution < 1.29 is 19.3 Å². The van der Waals surface area contributed by atoms with Gasteiger partial charge in [0.1, 0.15) is 0 Å². The van der Waals surface area contributed by atoms with E-state index in [0.717, 1.165) is 6.42 Å². The van der Waals surface area contributed by atoms with E-state index in [9.17, 15) is 5.11 Å². The van der Waals surface area contributed by atoms with E-state index in [-0.39, 0.29) is 5.75 Å². The summed E-state index contributed by atoms with van der Waals surface area (Å²) in [5, 5.41) is 9.54. The van der Waals surface area contributed by atoms with Crippen molar-refractivity contribution in [2.75, 3.05) is 20.3 Å². The van der Waals surface area contributed by atoms with E-state index in [2.05, 4.69) is 0 Å². The van der Waals surface area contributed by atoms with Gasteiger partial charge in [-0.1, -0.05) is 0 Å². The van der Waals surface area contributed by atoms with Crippen LogP contribution in [-0.2, 0) is 0 Å². The fraction of sp³-hybridized carbons (Fsp3) is 0.400. The third-order valence-corrected chi connectivity index (χ3v) is 2.06. The Hall–Kier alpha value is -1.58. The molecule has 1 aliphatic rings. The van der Waals surface area contributed by atoms with E-state index in [1.54, 1.807) is 13.2 Å². The van der Waals surface area contributed by atoms with Gasteiger partial charge in [-0.25, -0.2) is 0 Å². The number of hydrogen-bond acceptors (Lipinski definition) is 4. The second kappa shape index (κ2) is 3.65. The number of phenols is 1. The zero-order valence-electron chi connectivity index (χ0n) is 7.95. The van der Waals surface area contributed by atoms with Gasteiger partial charge in [0.05, 0.1) is 20.3 Å². The highest BCUT2D eigenvalue weighted by molar-refractivity contribution is 5.58. The lowest BCUT2D eigenvalue weighted by molar-refractivity contribution is 0.288. The highest BCUT2D eigenvalue weighted by atomic mass is 16.5. The summed E-state index contributed by atoms with van der Waals surface area (Å²) in [6.45, 7) is 1.13. The first kappa shape index (κ1) is 8.99. The van der Waals surface area contributed by atoms with Crippen LogP contribution >= 0.6 is 0 Å². The third kappa shape index (κ3) is 1.43. The Morgan fingerprint density at radius 2 is 1.93 bits per heavy atom. The average molecular weight is 196 g/mol. The molecule has 1 heterocycles. The monoisotopic (exact) mass is 196 g/mol. The van der Waals surface area contributed by atoms with E-state index in [0.29, 0.717) is 30.5 Å². The molecule has 0 amide bonds. The Bertz CT molecular complexity index is 335. The molecule has 4 heteroatoms. The minimum atomic E-state index is 0.0858. The first-order valence-corrected chi connectivity index (χ1v) is 4.48. The number of benzene rings is 1. The van der Waals surface area contributed by atoms with Gasteiger partial charge in [-0.2, -0.15) is 0 Å². The fourth-order valence-corrected chi connectivity index (χ4v) is 1.38. The van der Waals surface area contributed by atoms with Crippen molar-refractivity contribution in [1.29, 1.82) is 0 Å². The van der Waals surface area contributed by atoms with E-state index in [4.69, 9.17) is 14.2 Å². The van der Waals surface area contributed by atoms with Gasteiger partial charge in [-0.15, -0.1) is 0 Å². The minimum Gasteiger partial charge on any atom is -0.504 e. The number of methoxy groups -OCH3 is 1. The van der Waals surface area contributed by atoms with Crippen LogP contribution in [0.2, 0.25) is 0 Å². The second-order valence-electron chi connectivity index (χ2n) is 3.00. The van der Waals surface area contributed by atoms with Crippen molar-refractivity contribution in [2.24, 2.45) is 0 Å². The zero-order chi connectivity index (χ0) is 9.97. The van der Waals surface area contributed by atoms with Gasteiger partial charge in [0.25, 0.3) is 0 Å². The Labute approximate surface area is 82.0 Å². The van der Waals surface area contributed by atoms with Crippen LogP contribution in [0.1, 0.15) is 6.42 Å². The summed E-state index contributed by atoms with van der Waals surface area (Å²) < 4.78 is 15.9. The Balaban J connectivity index is 2.49. The molecule has 76 valence electrons. The first-order valence-electron chi connectivity index (χ1n) is 4.48. The molecule has 0 saturated carbocycles. The summed E-state index contributed by atoms with van der Waals surface area (Å²) in [5.74, 6) is 1.54. The molecule has 0 bridgehead atoms. The SMILES string of the molecule is COc1ccc(O)c2c1OCCCO2. The van der Waals surface area contributed by atoms with Crippen molar-refractivity contribution in [1.82, 2.24) is 0 Å². The highest BCUT2D eigenvalue weighted by Gasteiger charge is 2.19. The molecule has 1 aromatic carbocycles. The molecular formula is C10H12O4. The number of hydrogen-bond donors (Lipinski definition) is 1. The van der Waals surface area contributed by atoms with Crippen LogP contribution in [-0.4, -0.2) is 25.4 Å². The smallest absolute Gasteiger partial charge is 0.207 e. The van der Waals surface area contributed by atoms with Crippen LogP contribution < -0.4 is 14.2 Å². The standard InChI is InChI=1S/C10H12O4/c1-12-8-4-3-7(11)9-10(8)14-6-2-5-13-9/h3-4,11H,2,5-6H2,1H3. The van der Waals surface area contributed by atoms with Gasteiger partial charge in [0, 0.05) is 6.42 Å². The van der Waals surface area contributed by atoms with Crippen LogP contribution in [0.3, 0.4) is 0 Å². The van der Waals surface area contributed by atoms with Crippen LogP contribution in [0.15, 0.2) is 12.1 Å². The molecule has 1 aliphatic heterocycles. The lowest BCUT2D eigenvalue weighted by Gasteiger charge is -2.12. The molecular weight excluding hydrogens is 184 g/mol. The van der Waals surface area contributed by atoms with E-state index >= 15 is 0 Å². The molecule has 0 aliphatic carbocycles. The topological polar surface area (TPSA) is 47.9 Å². The van der Waals surface area contributed by atoms with Crippen molar-refractivity contribution in [3.8, 4) is 23.0 Å². The van der Waals surface area contributed by atoms with Crippen LogP contribution in [0.4, 0.5) is 0 Å². The number of phenolic OH excluding ortho intramolecular Hbond substituents is 1. The van der Waals surface area contributed by atoms with E-state index in [1.807, 2.05) is 0 Å². The minimum absolute atomic E-state index is 0.0858. The van der Waals surface area contributed by atoms with Crippen LogP contribution in [0, 0.1) is 0 Å². The summed E-state index contributed by atoms with van der Waals surface area (Å²) in [6, 6.07) is 3.19. The van der Waals surface area contributed by atoms with Gasteiger partial charge in [0.2, 0.25) is 11.5 Å². The number of fused-ring (bicyclic) bond motifs is 1. The molecule has 1 N–H and O–H groups in total. The molecule has 0 radical (unpaired) electrons. The lowest BCUT2D eigenvalue weighted by atomic mass is 10.2. The molecule has 0 atom stereocenters. The summed E-state index contributed by atoms with van der Waals surface area (Å²) in [6.07, 6.45) is 0.803. The molecule has 0 aromatic heterocycles. The third-order valence-electron chi connectivity index (χ3n) is 2.06. The number of rotatable bonds is 1. The molecule has 0 fully saturated rings. The maximum absolute atomic E-state index is 9.54. The van der Waals surface area contributed by atoms with Gasteiger partial charge < -0.3 is 19.3 Å². The van der Waals surface area contributed by atoms with Crippen LogP contribution in [0.25, 0.3) is 0 Å². The molecule has 0 spiro atoms. The molecule has 1 aromatic rings. The molecule has 4 nitrogen and oxygen atoms in total. The van der Waals surface area contributed by atoms with Gasteiger partial charge in [-0.05, 0) is 12.1 Å². The Morgan fingerprint density at radius 1 is 1.21 bits per heavy atom. The van der Waals surface area contributed by atoms with Crippen molar-refractivity contribution in [2.45, 2.75) is 6.42 Å². The Morgan fingerprint density at radius 3 is 2.64 bits per heavy atom. The van der Waals surface area contributed by atoms with Crippen molar-refractivity contribution in [3.05, 3.63) is 12.1 Å².